The van der Waals surface area contributed by atoms with Crippen molar-refractivity contribution in [3.05, 3.63) is 36.0 Å². The van der Waals surface area contributed by atoms with Gasteiger partial charge in [-0.15, -0.1) is 0 Å². The number of fused-ring (bicyclic) bond motifs is 1. The quantitative estimate of drug-likeness (QED) is 0.839. The normalized spacial score (nSPS) is 15.8. The number of rotatable bonds is 3. The van der Waals surface area contributed by atoms with Crippen molar-refractivity contribution in [2.45, 2.75) is 19.8 Å². The van der Waals surface area contributed by atoms with Gasteiger partial charge in [-0.25, -0.2) is 0 Å². The highest BCUT2D eigenvalue weighted by molar-refractivity contribution is 6.13. The van der Waals surface area contributed by atoms with Gasteiger partial charge in [-0.1, -0.05) is 18.2 Å². The van der Waals surface area contributed by atoms with Gasteiger partial charge in [-0.2, -0.15) is 0 Å². The van der Waals surface area contributed by atoms with E-state index in [-0.39, 0.29) is 0 Å². The van der Waals surface area contributed by atoms with Gasteiger partial charge >= 0.3 is 5.97 Å². The van der Waals surface area contributed by atoms with Crippen LogP contribution in [0.3, 0.4) is 0 Å². The minimum absolute atomic E-state index is 0.399. The van der Waals surface area contributed by atoms with Gasteiger partial charge in [0.05, 0.1) is 11.2 Å². The van der Waals surface area contributed by atoms with E-state index in [1.54, 1.807) is 6.07 Å². The highest BCUT2D eigenvalue weighted by atomic mass is 16.4. The number of para-hydroxylation sites is 1. The zero-order chi connectivity index (χ0) is 14.3. The summed E-state index contributed by atoms with van der Waals surface area (Å²) in [5, 5.41) is 12.7. The molecule has 3 rings (SSSR count). The Hall–Kier alpha value is -2.43. The van der Waals surface area contributed by atoms with Gasteiger partial charge in [0.2, 0.25) is 5.91 Å². The molecule has 0 saturated heterocycles. The van der Waals surface area contributed by atoms with E-state index >= 15 is 0 Å². The van der Waals surface area contributed by atoms with Gasteiger partial charge in [-0.05, 0) is 31.9 Å². The molecule has 20 heavy (non-hydrogen) atoms. The van der Waals surface area contributed by atoms with Crippen LogP contribution in [0.1, 0.15) is 18.5 Å². The third-order valence-corrected chi connectivity index (χ3v) is 3.69. The summed E-state index contributed by atoms with van der Waals surface area (Å²) in [6, 6.07) is 9.22. The van der Waals surface area contributed by atoms with Crippen molar-refractivity contribution in [1.82, 2.24) is 4.98 Å². The first-order chi connectivity index (χ1) is 9.53. The minimum atomic E-state index is -1.24. The van der Waals surface area contributed by atoms with Crippen LogP contribution in [0.4, 0.5) is 5.69 Å². The van der Waals surface area contributed by atoms with E-state index in [0.29, 0.717) is 18.5 Å². The molecule has 0 spiro atoms. The number of aryl methyl sites for hydroxylation is 1. The second kappa shape index (κ2) is 4.30. The van der Waals surface area contributed by atoms with E-state index in [0.717, 1.165) is 16.6 Å². The number of amides is 1. The summed E-state index contributed by atoms with van der Waals surface area (Å²) in [6.07, 6.45) is 0.798. The Labute approximate surface area is 115 Å². The third kappa shape index (κ3) is 1.91. The fraction of sp³-hybridized carbons (Fsp3) is 0.267. The zero-order valence-corrected chi connectivity index (χ0v) is 11.0. The number of carbonyl (C=O) groups is 2. The largest absolute Gasteiger partial charge is 0.480 e. The molecule has 0 unspecified atom stereocenters. The number of nitrogens with zero attached hydrogens (tertiary/aromatic N) is 1. The lowest BCUT2D eigenvalue weighted by Gasteiger charge is -2.13. The molecular weight excluding hydrogens is 256 g/mol. The number of aromatic nitrogens is 1. The molecule has 0 bridgehead atoms. The smallest absolute Gasteiger partial charge is 0.319 e. The lowest BCUT2D eigenvalue weighted by Crippen LogP contribution is -2.31. The van der Waals surface area contributed by atoms with Gasteiger partial charge in [-0.3, -0.25) is 14.6 Å². The topological polar surface area (TPSA) is 79.3 Å². The maximum Gasteiger partial charge on any atom is 0.319 e. The molecule has 5 heteroatoms. The Morgan fingerprint density at radius 2 is 2.00 bits per heavy atom. The number of aliphatic carboxylic acids is 1. The number of hydrogen-bond acceptors (Lipinski definition) is 3. The van der Waals surface area contributed by atoms with E-state index in [9.17, 15) is 9.59 Å². The lowest BCUT2D eigenvalue weighted by molar-refractivity contribution is -0.147. The number of benzene rings is 1. The van der Waals surface area contributed by atoms with E-state index < -0.39 is 17.3 Å². The summed E-state index contributed by atoms with van der Waals surface area (Å²) in [5.41, 5.74) is 0.936. The maximum atomic E-state index is 12.2. The number of hydrogen-bond donors (Lipinski definition) is 2. The summed E-state index contributed by atoms with van der Waals surface area (Å²) >= 11 is 0. The molecule has 1 fully saturated rings. The molecule has 2 N–H and O–H groups in total. The molecule has 1 aliphatic carbocycles. The van der Waals surface area contributed by atoms with Crippen molar-refractivity contribution in [2.24, 2.45) is 5.41 Å². The SMILES string of the molecule is Cc1cc(NC(=O)C2(C(=O)O)CC2)c2ccccc2n1. The van der Waals surface area contributed by atoms with E-state index in [1.807, 2.05) is 31.2 Å². The maximum absolute atomic E-state index is 12.2. The fourth-order valence-electron chi connectivity index (χ4n) is 2.32. The Morgan fingerprint density at radius 1 is 1.30 bits per heavy atom. The van der Waals surface area contributed by atoms with E-state index in [1.165, 1.54) is 0 Å². The monoisotopic (exact) mass is 270 g/mol. The lowest BCUT2D eigenvalue weighted by atomic mass is 10.1. The summed E-state index contributed by atoms with van der Waals surface area (Å²) in [4.78, 5) is 27.7. The molecule has 102 valence electrons. The predicted molar refractivity (Wildman–Crippen MR) is 74.4 cm³/mol. The standard InChI is InChI=1S/C15H14N2O3/c1-9-8-12(10-4-2-3-5-11(10)16-9)17-13(18)15(6-7-15)14(19)20/h2-5,8H,6-7H2,1H3,(H,19,20)(H,16,17,18). The van der Waals surface area contributed by atoms with Crippen molar-refractivity contribution in [2.75, 3.05) is 5.32 Å². The fourth-order valence-corrected chi connectivity index (χ4v) is 2.32. The van der Waals surface area contributed by atoms with Crippen molar-refractivity contribution >= 4 is 28.5 Å². The number of carboxylic acid groups (broad SMARTS) is 1. The van der Waals surface area contributed by atoms with Crippen LogP contribution in [0.25, 0.3) is 10.9 Å². The van der Waals surface area contributed by atoms with Gasteiger partial charge in [0.1, 0.15) is 5.41 Å². The van der Waals surface area contributed by atoms with Gasteiger partial charge in [0.25, 0.3) is 0 Å². The van der Waals surface area contributed by atoms with E-state index in [4.69, 9.17) is 5.11 Å². The summed E-state index contributed by atoms with van der Waals surface area (Å²) in [5.74, 6) is -1.49. The van der Waals surface area contributed by atoms with Crippen molar-refractivity contribution < 1.29 is 14.7 Å². The van der Waals surface area contributed by atoms with Crippen molar-refractivity contribution in [3.63, 3.8) is 0 Å². The molecule has 1 amide bonds. The van der Waals surface area contributed by atoms with Crippen LogP contribution in [-0.4, -0.2) is 22.0 Å². The van der Waals surface area contributed by atoms with Crippen LogP contribution in [0.5, 0.6) is 0 Å². The summed E-state index contributed by atoms with van der Waals surface area (Å²) in [6.45, 7) is 1.84. The highest BCUT2D eigenvalue weighted by Crippen LogP contribution is 2.47. The van der Waals surface area contributed by atoms with Gasteiger partial charge in [0, 0.05) is 11.1 Å². The average molecular weight is 270 g/mol. The highest BCUT2D eigenvalue weighted by Gasteiger charge is 2.57. The van der Waals surface area contributed by atoms with Crippen LogP contribution in [0.2, 0.25) is 0 Å². The Kier molecular flexibility index (Phi) is 2.71. The van der Waals surface area contributed by atoms with Crippen molar-refractivity contribution in [3.8, 4) is 0 Å². The van der Waals surface area contributed by atoms with Crippen LogP contribution in [0, 0.1) is 12.3 Å². The molecule has 5 nitrogen and oxygen atoms in total. The molecule has 1 aliphatic rings. The van der Waals surface area contributed by atoms with Gasteiger partial charge in [0.15, 0.2) is 0 Å². The first-order valence-electron chi connectivity index (χ1n) is 6.44. The molecule has 1 saturated carbocycles. The zero-order valence-electron chi connectivity index (χ0n) is 11.0. The van der Waals surface area contributed by atoms with Crippen LogP contribution in [0.15, 0.2) is 30.3 Å². The Morgan fingerprint density at radius 3 is 2.65 bits per heavy atom. The average Bonchev–Trinajstić information content (AvgIpc) is 3.19. The second-order valence-corrected chi connectivity index (χ2v) is 5.17. The number of nitrogens with one attached hydrogen (secondary N) is 1. The molecule has 0 atom stereocenters. The molecular formula is C15H14N2O3. The Bertz CT molecular complexity index is 720. The number of pyridine rings is 1. The molecule has 1 aromatic heterocycles. The first kappa shape index (κ1) is 12.6. The predicted octanol–water partition coefficient (Wildman–Crippen LogP) is 2.35. The number of anilines is 1. The van der Waals surface area contributed by atoms with Crippen molar-refractivity contribution in [1.29, 1.82) is 0 Å². The third-order valence-electron chi connectivity index (χ3n) is 3.69. The molecule has 0 radical (unpaired) electrons. The van der Waals surface area contributed by atoms with Crippen LogP contribution < -0.4 is 5.32 Å². The molecule has 1 heterocycles. The summed E-state index contributed by atoms with van der Waals surface area (Å²) < 4.78 is 0. The van der Waals surface area contributed by atoms with Crippen LogP contribution in [-0.2, 0) is 9.59 Å². The first-order valence-corrected chi connectivity index (χ1v) is 6.44. The van der Waals surface area contributed by atoms with E-state index in [2.05, 4.69) is 10.3 Å². The van der Waals surface area contributed by atoms with Gasteiger partial charge < -0.3 is 10.4 Å². The van der Waals surface area contributed by atoms with Crippen LogP contribution >= 0.6 is 0 Å². The number of carboxylic acids is 1. The number of carbonyl (C=O) groups excluding carboxylic acids is 1. The molecule has 0 aliphatic heterocycles. The molecule has 1 aromatic carbocycles. The summed E-state index contributed by atoms with van der Waals surface area (Å²) in [7, 11) is 0. The Balaban J connectivity index is 1.99. The second-order valence-electron chi connectivity index (χ2n) is 5.17. The minimum Gasteiger partial charge on any atom is -0.480 e. The molecule has 2 aromatic rings.